The minimum absolute atomic E-state index is 0.0291. The van der Waals surface area contributed by atoms with Crippen LogP contribution in [0, 0.1) is 0 Å². The molecule has 0 spiro atoms. The summed E-state index contributed by atoms with van der Waals surface area (Å²) in [6.07, 6.45) is 4.04. The highest BCUT2D eigenvalue weighted by molar-refractivity contribution is 7.89. The zero-order valence-corrected chi connectivity index (χ0v) is 38.7. The van der Waals surface area contributed by atoms with E-state index in [1.165, 1.54) is 11.6 Å². The summed E-state index contributed by atoms with van der Waals surface area (Å²) in [6, 6.07) is 37.6. The summed E-state index contributed by atoms with van der Waals surface area (Å²) in [7, 11) is -3.82. The van der Waals surface area contributed by atoms with Crippen LogP contribution in [-0.2, 0) is 53.8 Å². The first-order valence-electron chi connectivity index (χ1n) is 23.1. The first-order chi connectivity index (χ1) is 33.0. The van der Waals surface area contributed by atoms with E-state index in [2.05, 4.69) is 27.7 Å². The topological polar surface area (TPSA) is 149 Å². The highest BCUT2D eigenvalue weighted by Gasteiger charge is 2.36. The summed E-state index contributed by atoms with van der Waals surface area (Å²) in [5.41, 5.74) is 7.91. The van der Waals surface area contributed by atoms with Gasteiger partial charge in [-0.3, -0.25) is 19.3 Å². The highest BCUT2D eigenvalue weighted by atomic mass is 32.2. The maximum atomic E-state index is 15.5. The molecule has 350 valence electrons. The molecule has 4 aliphatic heterocycles. The molecule has 1 aromatic heterocycles. The summed E-state index contributed by atoms with van der Waals surface area (Å²) < 4.78 is 51.8. The Hall–Kier alpha value is -6.94. The second-order valence-corrected chi connectivity index (χ2v) is 19.5. The van der Waals surface area contributed by atoms with E-state index < -0.39 is 15.9 Å². The second-order valence-electron chi connectivity index (χ2n) is 17.8. The molecule has 1 fully saturated rings. The molecule has 15 heteroatoms. The maximum absolute atomic E-state index is 15.5. The van der Waals surface area contributed by atoms with Crippen molar-refractivity contribution >= 4 is 33.4 Å². The van der Waals surface area contributed by atoms with Crippen molar-refractivity contribution in [3.63, 3.8) is 0 Å². The summed E-state index contributed by atoms with van der Waals surface area (Å²) in [6.45, 7) is 5.18. The van der Waals surface area contributed by atoms with Crippen LogP contribution in [0.15, 0.2) is 121 Å². The van der Waals surface area contributed by atoms with Crippen LogP contribution in [0.25, 0.3) is 11.3 Å². The third-order valence-electron chi connectivity index (χ3n) is 13.1. The molecule has 0 aliphatic carbocycles. The zero-order valence-electron chi connectivity index (χ0n) is 37.9. The summed E-state index contributed by atoms with van der Waals surface area (Å²) in [5, 5.41) is 0. The van der Waals surface area contributed by atoms with Gasteiger partial charge in [0.15, 0.2) is 11.5 Å². The van der Waals surface area contributed by atoms with E-state index in [9.17, 15) is 13.2 Å². The van der Waals surface area contributed by atoms with Gasteiger partial charge in [-0.1, -0.05) is 66.7 Å². The van der Waals surface area contributed by atoms with Gasteiger partial charge in [0.2, 0.25) is 16.8 Å². The summed E-state index contributed by atoms with van der Waals surface area (Å²) in [4.78, 5) is 49.9. The molecule has 1 atom stereocenters. The van der Waals surface area contributed by atoms with Crippen LogP contribution in [0.2, 0.25) is 0 Å². The maximum Gasteiger partial charge on any atom is 0.264 e. The smallest absolute Gasteiger partial charge is 0.264 e. The van der Waals surface area contributed by atoms with Crippen molar-refractivity contribution in [3.05, 3.63) is 166 Å². The molecule has 3 amide bonds. The third kappa shape index (κ3) is 9.73. The second kappa shape index (κ2) is 19.3. The minimum Gasteiger partial charge on any atom is -0.489 e. The number of morpholine rings is 1. The number of aromatic nitrogens is 1. The molecule has 5 heterocycles. The number of amides is 3. The number of fused-ring (bicyclic) bond motifs is 3. The number of hydrogen-bond donors (Lipinski definition) is 1. The van der Waals surface area contributed by atoms with Gasteiger partial charge in [-0.15, -0.1) is 0 Å². The van der Waals surface area contributed by atoms with Crippen LogP contribution < -0.4 is 23.8 Å². The summed E-state index contributed by atoms with van der Waals surface area (Å²) in [5.74, 6) is 0.473. The molecule has 0 saturated carbocycles. The minimum atomic E-state index is -3.82. The van der Waals surface area contributed by atoms with E-state index in [4.69, 9.17) is 18.9 Å². The monoisotopic (exact) mass is 935 g/mol. The first-order valence-corrected chi connectivity index (χ1v) is 25.0. The Bertz CT molecular complexity index is 2970. The van der Waals surface area contributed by atoms with Gasteiger partial charge in [0.1, 0.15) is 12.4 Å². The van der Waals surface area contributed by atoms with Gasteiger partial charge in [0.25, 0.3) is 17.7 Å². The van der Waals surface area contributed by atoms with E-state index in [-0.39, 0.29) is 36.8 Å². The van der Waals surface area contributed by atoms with Gasteiger partial charge in [-0.05, 0) is 103 Å². The SMILES string of the molecule is CS(=O)(=O)NC(=O)c1cccc(CN(C(=O)c2cc(-c3cc4c(cc3C(=O)N3Cc5ccccc5C[C@H]3CN3CCOCC3)OCO4)n3c2CCCC3)c2ccc(OCc3ccccc3)cc2)c1. The highest BCUT2D eigenvalue weighted by Crippen LogP contribution is 2.43. The molecule has 1 saturated heterocycles. The average molecular weight is 936 g/mol. The van der Waals surface area contributed by atoms with E-state index in [0.717, 1.165) is 61.1 Å². The molecule has 1 N–H and O–H groups in total. The number of carbonyl (C=O) groups excluding carboxylic acids is 3. The molecule has 68 heavy (non-hydrogen) atoms. The van der Waals surface area contributed by atoms with Crippen molar-refractivity contribution < 1.29 is 41.7 Å². The average Bonchev–Trinajstić information content (AvgIpc) is 3.99. The molecular weight excluding hydrogens is 883 g/mol. The quantitative estimate of drug-likeness (QED) is 0.126. The van der Waals surface area contributed by atoms with Crippen molar-refractivity contribution in [3.8, 4) is 28.5 Å². The van der Waals surface area contributed by atoms with Crippen molar-refractivity contribution in [2.24, 2.45) is 0 Å². The fourth-order valence-corrected chi connectivity index (χ4v) is 10.2. The van der Waals surface area contributed by atoms with Crippen LogP contribution in [0.1, 0.15) is 71.9 Å². The first kappa shape index (κ1) is 44.9. The predicted molar refractivity (Wildman–Crippen MR) is 256 cm³/mol. The van der Waals surface area contributed by atoms with Crippen LogP contribution >= 0.6 is 0 Å². The Morgan fingerprint density at radius 1 is 0.779 bits per heavy atom. The number of nitrogens with zero attached hydrogens (tertiary/aromatic N) is 4. The van der Waals surface area contributed by atoms with Crippen LogP contribution in [-0.4, -0.2) is 92.4 Å². The van der Waals surface area contributed by atoms with Crippen LogP contribution in [0.4, 0.5) is 5.69 Å². The molecule has 0 unspecified atom stereocenters. The normalized spacial score (nSPS) is 16.7. The van der Waals surface area contributed by atoms with Gasteiger partial charge in [-0.2, -0.15) is 0 Å². The Morgan fingerprint density at radius 2 is 1.51 bits per heavy atom. The molecule has 0 bridgehead atoms. The molecule has 6 aromatic rings. The van der Waals surface area contributed by atoms with Gasteiger partial charge >= 0.3 is 0 Å². The fraction of sp³-hybridized carbons (Fsp3) is 0.302. The Balaban J connectivity index is 1.03. The largest absolute Gasteiger partial charge is 0.489 e. The van der Waals surface area contributed by atoms with Crippen molar-refractivity contribution in [2.75, 3.05) is 50.8 Å². The molecule has 0 radical (unpaired) electrons. The van der Waals surface area contributed by atoms with Crippen LogP contribution in [0.5, 0.6) is 17.2 Å². The zero-order chi connectivity index (χ0) is 46.8. The number of nitrogens with one attached hydrogen (secondary N) is 1. The number of carbonyl (C=O) groups is 3. The standard InChI is InChI=1S/C53H53N5O9S/c1-68(62,63)54-51(59)39-15-9-12-37(26-39)31-57(41-17-19-43(20-18-41)65-34-36-10-3-2-4-11-36)53(61)46-28-48(56-21-8-7-16-47(46)56)44-29-49-50(67-35-66-49)30-45(44)52(60)58-32-40-14-6-5-13-38(40)27-42(58)33-55-22-24-64-25-23-55/h2-6,9-15,17-20,26,28-30,42H,7-8,16,21-25,27,31-35H2,1H3,(H,54,59)/t42-/m0/s1. The molecule has 5 aromatic carbocycles. The Kier molecular flexibility index (Phi) is 12.8. The molecule has 10 rings (SSSR count). The number of rotatable bonds is 13. The van der Waals surface area contributed by atoms with Gasteiger partial charge < -0.3 is 33.3 Å². The Morgan fingerprint density at radius 3 is 2.29 bits per heavy atom. The lowest BCUT2D eigenvalue weighted by Crippen LogP contribution is -2.52. The predicted octanol–water partition coefficient (Wildman–Crippen LogP) is 7.23. The van der Waals surface area contributed by atoms with Crippen molar-refractivity contribution in [1.82, 2.24) is 19.1 Å². The lowest BCUT2D eigenvalue weighted by Gasteiger charge is -2.40. The number of benzene rings is 5. The Labute approximate surface area is 396 Å². The van der Waals surface area contributed by atoms with Gasteiger partial charge in [0.05, 0.1) is 37.1 Å². The fourth-order valence-electron chi connectivity index (χ4n) is 9.75. The summed E-state index contributed by atoms with van der Waals surface area (Å²) >= 11 is 0. The van der Waals surface area contributed by atoms with E-state index in [1.807, 2.05) is 82.4 Å². The van der Waals surface area contributed by atoms with E-state index in [0.29, 0.717) is 91.1 Å². The van der Waals surface area contributed by atoms with Crippen LogP contribution in [0.3, 0.4) is 0 Å². The number of hydrogen-bond acceptors (Lipinski definition) is 10. The number of ether oxygens (including phenoxy) is 4. The lowest BCUT2D eigenvalue weighted by atomic mass is 9.92. The van der Waals surface area contributed by atoms with Gasteiger partial charge in [0, 0.05) is 67.0 Å². The van der Waals surface area contributed by atoms with Crippen molar-refractivity contribution in [2.45, 2.75) is 58.0 Å². The molecule has 4 aliphatic rings. The molecule has 14 nitrogen and oxygen atoms in total. The lowest BCUT2D eigenvalue weighted by molar-refractivity contribution is 0.0193. The number of anilines is 1. The van der Waals surface area contributed by atoms with Crippen molar-refractivity contribution in [1.29, 1.82) is 0 Å². The van der Waals surface area contributed by atoms with Gasteiger partial charge in [-0.25, -0.2) is 13.1 Å². The molecular formula is C53H53N5O9S. The van der Waals surface area contributed by atoms with E-state index in [1.54, 1.807) is 29.2 Å². The number of sulfonamides is 1. The van der Waals surface area contributed by atoms with E-state index >= 15 is 9.59 Å². The third-order valence-corrected chi connectivity index (χ3v) is 13.7.